The first kappa shape index (κ1) is 20.5. The summed E-state index contributed by atoms with van der Waals surface area (Å²) in [6.07, 6.45) is 0. The lowest BCUT2D eigenvalue weighted by Crippen LogP contribution is -2.13. The summed E-state index contributed by atoms with van der Waals surface area (Å²) in [4.78, 5) is 12.7. The number of amides is 1. The molecule has 0 aliphatic heterocycles. The summed E-state index contributed by atoms with van der Waals surface area (Å²) < 4.78 is 12.5. The van der Waals surface area contributed by atoms with E-state index in [1.54, 1.807) is 24.3 Å². The van der Waals surface area contributed by atoms with E-state index in [9.17, 15) is 4.79 Å². The molecule has 0 bridgehead atoms. The number of ether oxygens (including phenoxy) is 2. The quantitative estimate of drug-likeness (QED) is 0.389. The standard InChI is InChI=1S/C22H19ClINO3/c1-2-27-21-18(24)12-16(22(26)25-19-11-7-6-10-17(19)23)13-20(21)28-14-15-8-4-3-5-9-15/h3-13H,2,14H2,1H3,(H,25,26). The van der Waals surface area contributed by atoms with Crippen LogP contribution in [-0.2, 0) is 6.61 Å². The minimum atomic E-state index is -0.265. The third kappa shape index (κ3) is 5.17. The minimum Gasteiger partial charge on any atom is -0.489 e. The van der Waals surface area contributed by atoms with Crippen LogP contribution >= 0.6 is 34.2 Å². The van der Waals surface area contributed by atoms with Crippen molar-refractivity contribution in [1.82, 2.24) is 0 Å². The van der Waals surface area contributed by atoms with Crippen LogP contribution in [0.3, 0.4) is 0 Å². The van der Waals surface area contributed by atoms with Gasteiger partial charge in [-0.15, -0.1) is 0 Å². The van der Waals surface area contributed by atoms with Gasteiger partial charge in [-0.25, -0.2) is 0 Å². The van der Waals surface area contributed by atoms with E-state index in [0.29, 0.717) is 41.0 Å². The van der Waals surface area contributed by atoms with Crippen molar-refractivity contribution in [3.8, 4) is 11.5 Å². The average Bonchev–Trinajstić information content (AvgIpc) is 2.70. The number of anilines is 1. The third-order valence-electron chi connectivity index (χ3n) is 3.92. The Morgan fingerprint density at radius 2 is 1.75 bits per heavy atom. The van der Waals surface area contributed by atoms with Crippen LogP contribution in [0.2, 0.25) is 5.02 Å². The van der Waals surface area contributed by atoms with E-state index >= 15 is 0 Å². The number of carbonyl (C=O) groups is 1. The number of hydrogen-bond donors (Lipinski definition) is 1. The van der Waals surface area contributed by atoms with Gasteiger partial charge in [-0.3, -0.25) is 4.79 Å². The molecule has 3 aromatic carbocycles. The number of nitrogens with one attached hydrogen (secondary N) is 1. The van der Waals surface area contributed by atoms with E-state index in [-0.39, 0.29) is 5.91 Å². The second-order valence-electron chi connectivity index (χ2n) is 5.93. The van der Waals surface area contributed by atoms with Crippen LogP contribution in [0.4, 0.5) is 5.69 Å². The summed E-state index contributed by atoms with van der Waals surface area (Å²) in [6.45, 7) is 2.80. The molecule has 1 amide bonds. The molecule has 0 aliphatic rings. The molecule has 0 heterocycles. The van der Waals surface area contributed by atoms with E-state index in [1.807, 2.05) is 49.4 Å². The van der Waals surface area contributed by atoms with E-state index in [4.69, 9.17) is 21.1 Å². The molecule has 0 atom stereocenters. The van der Waals surface area contributed by atoms with E-state index < -0.39 is 0 Å². The Morgan fingerprint density at radius 3 is 2.46 bits per heavy atom. The lowest BCUT2D eigenvalue weighted by atomic mass is 10.1. The Hall–Kier alpha value is -2.25. The zero-order chi connectivity index (χ0) is 19.9. The van der Waals surface area contributed by atoms with Crippen molar-refractivity contribution in [2.75, 3.05) is 11.9 Å². The van der Waals surface area contributed by atoms with Crippen LogP contribution in [0.1, 0.15) is 22.8 Å². The lowest BCUT2D eigenvalue weighted by Gasteiger charge is -2.16. The number of para-hydroxylation sites is 1. The maximum absolute atomic E-state index is 12.7. The molecule has 3 aromatic rings. The van der Waals surface area contributed by atoms with Crippen molar-refractivity contribution in [1.29, 1.82) is 0 Å². The number of benzene rings is 3. The van der Waals surface area contributed by atoms with Gasteiger partial charge in [0.25, 0.3) is 5.91 Å². The molecule has 0 spiro atoms. The highest BCUT2D eigenvalue weighted by Crippen LogP contribution is 2.35. The Bertz CT molecular complexity index is 963. The van der Waals surface area contributed by atoms with Crippen molar-refractivity contribution in [2.24, 2.45) is 0 Å². The molecule has 144 valence electrons. The van der Waals surface area contributed by atoms with Crippen molar-refractivity contribution in [3.63, 3.8) is 0 Å². The van der Waals surface area contributed by atoms with Crippen LogP contribution < -0.4 is 14.8 Å². The van der Waals surface area contributed by atoms with Gasteiger partial charge >= 0.3 is 0 Å². The zero-order valence-electron chi connectivity index (χ0n) is 15.2. The van der Waals surface area contributed by atoms with Crippen molar-refractivity contribution in [3.05, 3.63) is 86.4 Å². The maximum atomic E-state index is 12.7. The fourth-order valence-corrected chi connectivity index (χ4v) is 3.52. The highest BCUT2D eigenvalue weighted by molar-refractivity contribution is 14.1. The first-order valence-corrected chi connectivity index (χ1v) is 10.2. The van der Waals surface area contributed by atoms with E-state index in [2.05, 4.69) is 27.9 Å². The molecule has 0 saturated carbocycles. The molecule has 0 unspecified atom stereocenters. The topological polar surface area (TPSA) is 47.6 Å². The molecule has 0 aliphatic carbocycles. The van der Waals surface area contributed by atoms with Gasteiger partial charge in [0.05, 0.1) is 20.9 Å². The fraction of sp³-hybridized carbons (Fsp3) is 0.136. The van der Waals surface area contributed by atoms with Crippen LogP contribution in [0.15, 0.2) is 66.7 Å². The fourth-order valence-electron chi connectivity index (χ4n) is 2.58. The molecule has 0 radical (unpaired) electrons. The predicted octanol–water partition coefficient (Wildman–Crippen LogP) is 6.17. The van der Waals surface area contributed by atoms with Crippen molar-refractivity contribution < 1.29 is 14.3 Å². The van der Waals surface area contributed by atoms with Gasteiger partial charge in [0.2, 0.25) is 0 Å². The Kier molecular flexibility index (Phi) is 7.17. The second-order valence-corrected chi connectivity index (χ2v) is 7.50. The Labute approximate surface area is 183 Å². The molecular weight excluding hydrogens is 489 g/mol. The van der Waals surface area contributed by atoms with Crippen LogP contribution in [-0.4, -0.2) is 12.5 Å². The van der Waals surface area contributed by atoms with Gasteiger partial charge in [-0.1, -0.05) is 54.1 Å². The number of rotatable bonds is 7. The first-order valence-electron chi connectivity index (χ1n) is 8.77. The summed E-state index contributed by atoms with van der Waals surface area (Å²) in [5.74, 6) is 0.897. The van der Waals surface area contributed by atoms with Gasteiger partial charge in [0.15, 0.2) is 11.5 Å². The van der Waals surface area contributed by atoms with Crippen molar-refractivity contribution >= 4 is 45.8 Å². The second kappa shape index (κ2) is 9.80. The number of carbonyl (C=O) groups excluding carboxylic acids is 1. The van der Waals surface area contributed by atoms with Crippen LogP contribution in [0, 0.1) is 3.57 Å². The molecule has 6 heteroatoms. The first-order chi connectivity index (χ1) is 13.6. The van der Waals surface area contributed by atoms with E-state index in [1.165, 1.54) is 0 Å². The molecule has 3 rings (SSSR count). The summed E-state index contributed by atoms with van der Waals surface area (Å²) >= 11 is 8.29. The SMILES string of the molecule is CCOc1c(I)cc(C(=O)Nc2ccccc2Cl)cc1OCc1ccccc1. The van der Waals surface area contributed by atoms with Crippen molar-refractivity contribution in [2.45, 2.75) is 13.5 Å². The van der Waals surface area contributed by atoms with Gasteiger partial charge in [0, 0.05) is 5.56 Å². The Morgan fingerprint density at radius 1 is 1.04 bits per heavy atom. The van der Waals surface area contributed by atoms with Gasteiger partial charge < -0.3 is 14.8 Å². The summed E-state index contributed by atoms with van der Waals surface area (Å²) in [5, 5.41) is 3.32. The average molecular weight is 508 g/mol. The number of hydrogen-bond acceptors (Lipinski definition) is 3. The smallest absolute Gasteiger partial charge is 0.255 e. The van der Waals surface area contributed by atoms with Crippen LogP contribution in [0.5, 0.6) is 11.5 Å². The van der Waals surface area contributed by atoms with Gasteiger partial charge in [-0.2, -0.15) is 0 Å². The molecule has 28 heavy (non-hydrogen) atoms. The summed E-state index contributed by atoms with van der Waals surface area (Å²) in [5.41, 5.74) is 2.06. The monoisotopic (exact) mass is 507 g/mol. The molecule has 0 saturated heterocycles. The third-order valence-corrected chi connectivity index (χ3v) is 5.05. The highest BCUT2D eigenvalue weighted by Gasteiger charge is 2.17. The lowest BCUT2D eigenvalue weighted by molar-refractivity contribution is 0.102. The number of halogens is 2. The highest BCUT2D eigenvalue weighted by atomic mass is 127. The summed E-state index contributed by atoms with van der Waals surface area (Å²) in [7, 11) is 0. The maximum Gasteiger partial charge on any atom is 0.255 e. The molecule has 0 fully saturated rings. The molecule has 0 aromatic heterocycles. The predicted molar refractivity (Wildman–Crippen MR) is 121 cm³/mol. The van der Waals surface area contributed by atoms with E-state index in [0.717, 1.165) is 9.13 Å². The molecule has 1 N–H and O–H groups in total. The molecule has 4 nitrogen and oxygen atoms in total. The minimum absolute atomic E-state index is 0.265. The Balaban J connectivity index is 1.86. The van der Waals surface area contributed by atoms with Gasteiger partial charge in [-0.05, 0) is 59.3 Å². The molecular formula is C22H19ClINO3. The van der Waals surface area contributed by atoms with Crippen LogP contribution in [0.25, 0.3) is 0 Å². The normalized spacial score (nSPS) is 10.4. The largest absolute Gasteiger partial charge is 0.489 e. The van der Waals surface area contributed by atoms with Gasteiger partial charge in [0.1, 0.15) is 6.61 Å². The summed E-state index contributed by atoms with van der Waals surface area (Å²) in [6, 6.07) is 20.4. The zero-order valence-corrected chi connectivity index (χ0v) is 18.2.